The van der Waals surface area contributed by atoms with Crippen molar-refractivity contribution in [2.24, 2.45) is 11.7 Å². The largest absolute Gasteiger partial charge is 0.454 e. The van der Waals surface area contributed by atoms with Crippen molar-refractivity contribution in [2.75, 3.05) is 6.54 Å². The average Bonchev–Trinajstić information content (AvgIpc) is 3.59. The first-order chi connectivity index (χ1) is 16.9. The van der Waals surface area contributed by atoms with Crippen molar-refractivity contribution in [3.05, 3.63) is 94.7 Å². The van der Waals surface area contributed by atoms with E-state index in [0.717, 1.165) is 24.0 Å². The van der Waals surface area contributed by atoms with Crippen LogP contribution >= 0.6 is 0 Å². The van der Waals surface area contributed by atoms with E-state index in [4.69, 9.17) is 10.2 Å². The molecule has 182 valence electrons. The summed E-state index contributed by atoms with van der Waals surface area (Å²) in [6.07, 6.45) is 2.96. The molecule has 3 N–H and O–H groups in total. The highest BCUT2D eigenvalue weighted by atomic mass is 19.1. The molecule has 2 aliphatic rings. The quantitative estimate of drug-likeness (QED) is 0.556. The monoisotopic (exact) mass is 475 g/mol. The fourth-order valence-electron chi connectivity index (χ4n) is 5.33. The van der Waals surface area contributed by atoms with Crippen molar-refractivity contribution in [3.63, 3.8) is 0 Å². The van der Waals surface area contributed by atoms with Gasteiger partial charge in [-0.1, -0.05) is 36.4 Å². The first-order valence-electron chi connectivity index (χ1n) is 12.2. The average molecular weight is 476 g/mol. The van der Waals surface area contributed by atoms with E-state index < -0.39 is 6.04 Å². The lowest BCUT2D eigenvalue weighted by atomic mass is 9.96. The van der Waals surface area contributed by atoms with Crippen molar-refractivity contribution in [1.29, 1.82) is 0 Å². The zero-order valence-corrected chi connectivity index (χ0v) is 19.7. The lowest BCUT2D eigenvalue weighted by Crippen LogP contribution is -2.46. The molecule has 0 spiro atoms. The van der Waals surface area contributed by atoms with Crippen LogP contribution in [-0.2, 0) is 17.6 Å². The molecular weight excluding hydrogens is 445 g/mol. The topological polar surface area (TPSA) is 88.6 Å². The maximum atomic E-state index is 13.5. The summed E-state index contributed by atoms with van der Waals surface area (Å²) in [5.74, 6) is 0.0292. The Bertz CT molecular complexity index is 1220. The molecule has 2 amide bonds. The van der Waals surface area contributed by atoms with Crippen LogP contribution in [0.3, 0.4) is 0 Å². The van der Waals surface area contributed by atoms with Gasteiger partial charge < -0.3 is 20.4 Å². The van der Waals surface area contributed by atoms with Gasteiger partial charge in [-0.05, 0) is 79.5 Å². The molecule has 2 heterocycles. The highest BCUT2D eigenvalue weighted by molar-refractivity contribution is 5.96. The molecule has 1 aromatic heterocycles. The van der Waals surface area contributed by atoms with Crippen LogP contribution in [-0.4, -0.2) is 29.3 Å². The lowest BCUT2D eigenvalue weighted by molar-refractivity contribution is -0.125. The Morgan fingerprint density at radius 3 is 2.66 bits per heavy atom. The third-order valence-electron chi connectivity index (χ3n) is 7.12. The fraction of sp³-hybridized carbons (Fsp3) is 0.357. The Morgan fingerprint density at radius 1 is 1.14 bits per heavy atom. The van der Waals surface area contributed by atoms with Crippen LogP contribution in [0.1, 0.15) is 64.9 Å². The number of fused-ring (bicyclic) bond motifs is 1. The van der Waals surface area contributed by atoms with Gasteiger partial charge in [0.15, 0.2) is 5.76 Å². The van der Waals surface area contributed by atoms with E-state index in [0.29, 0.717) is 25.1 Å². The van der Waals surface area contributed by atoms with Gasteiger partial charge in [-0.2, -0.15) is 0 Å². The molecule has 4 atom stereocenters. The zero-order valence-electron chi connectivity index (χ0n) is 19.7. The minimum Gasteiger partial charge on any atom is -0.454 e. The summed E-state index contributed by atoms with van der Waals surface area (Å²) in [4.78, 5) is 28.6. The van der Waals surface area contributed by atoms with Gasteiger partial charge >= 0.3 is 0 Å². The molecular formula is C28H30FN3O3. The molecule has 1 aliphatic carbocycles. The maximum Gasteiger partial charge on any atom is 0.290 e. The summed E-state index contributed by atoms with van der Waals surface area (Å²) in [7, 11) is 0. The highest BCUT2D eigenvalue weighted by Crippen LogP contribution is 2.33. The number of carbonyl (C=O) groups is 2. The van der Waals surface area contributed by atoms with Crippen LogP contribution in [0.2, 0.25) is 0 Å². The third-order valence-corrected chi connectivity index (χ3v) is 7.12. The van der Waals surface area contributed by atoms with Crippen molar-refractivity contribution >= 4 is 11.8 Å². The molecule has 0 bridgehead atoms. The number of rotatable bonds is 6. The van der Waals surface area contributed by atoms with Crippen molar-refractivity contribution in [1.82, 2.24) is 10.2 Å². The number of benzene rings is 2. The first-order valence-corrected chi connectivity index (χ1v) is 12.2. The number of hydrogen-bond donors (Lipinski definition) is 2. The Labute approximate surface area is 204 Å². The van der Waals surface area contributed by atoms with E-state index in [2.05, 4.69) is 17.4 Å². The van der Waals surface area contributed by atoms with Gasteiger partial charge in [-0.3, -0.25) is 9.59 Å². The van der Waals surface area contributed by atoms with E-state index in [1.165, 1.54) is 17.7 Å². The van der Waals surface area contributed by atoms with Gasteiger partial charge in [0, 0.05) is 6.54 Å². The number of furan rings is 1. The summed E-state index contributed by atoms with van der Waals surface area (Å²) in [6.45, 7) is 2.21. The molecule has 2 aromatic carbocycles. The van der Waals surface area contributed by atoms with Crippen LogP contribution in [0.15, 0.2) is 65.1 Å². The molecule has 1 saturated heterocycles. The van der Waals surface area contributed by atoms with Gasteiger partial charge in [0.2, 0.25) is 5.91 Å². The molecule has 1 fully saturated rings. The normalized spacial score (nSPS) is 22.1. The minimum atomic E-state index is -0.607. The first kappa shape index (κ1) is 23.3. The minimum absolute atomic E-state index is 0.0555. The molecule has 0 saturated carbocycles. The van der Waals surface area contributed by atoms with E-state index in [1.54, 1.807) is 36.1 Å². The predicted octanol–water partition coefficient (Wildman–Crippen LogP) is 4.32. The Morgan fingerprint density at radius 2 is 1.91 bits per heavy atom. The fourth-order valence-corrected chi connectivity index (χ4v) is 5.33. The van der Waals surface area contributed by atoms with Gasteiger partial charge in [0.25, 0.3) is 5.91 Å². The number of nitrogens with one attached hydrogen (secondary N) is 1. The number of hydrogen-bond acceptors (Lipinski definition) is 4. The van der Waals surface area contributed by atoms with E-state index in [-0.39, 0.29) is 41.4 Å². The maximum absolute atomic E-state index is 13.5. The molecule has 3 aromatic rings. The molecule has 0 radical (unpaired) electrons. The van der Waals surface area contributed by atoms with Gasteiger partial charge in [-0.25, -0.2) is 4.39 Å². The van der Waals surface area contributed by atoms with E-state index in [9.17, 15) is 14.0 Å². The summed E-state index contributed by atoms with van der Waals surface area (Å²) in [5.41, 5.74) is 9.27. The lowest BCUT2D eigenvalue weighted by Gasteiger charge is -2.25. The van der Waals surface area contributed by atoms with Crippen LogP contribution < -0.4 is 11.1 Å². The Kier molecular flexibility index (Phi) is 6.43. The molecule has 5 rings (SSSR count). The molecule has 1 unspecified atom stereocenters. The standard InChI is InChI=1S/C28H30FN3O3/c1-17(30)25-12-13-26(35-25)28(34)32-16-19(14-18-6-9-21(29)10-7-18)15-24(32)27(33)31-23-11-8-20-4-2-3-5-22(20)23/h2-7,9-10,12-13,17,19,23-24H,8,11,14-16,30H2,1H3,(H,31,33)/t17?,19-,23-,24+/m1/s1. The Hall–Kier alpha value is -3.45. The van der Waals surface area contributed by atoms with E-state index >= 15 is 0 Å². The van der Waals surface area contributed by atoms with Gasteiger partial charge in [0.1, 0.15) is 17.6 Å². The SMILES string of the molecule is CC(N)c1ccc(C(=O)N2C[C@H](Cc3ccc(F)cc3)C[C@H]2C(=O)N[C@@H]2CCc3ccccc32)o1. The molecule has 35 heavy (non-hydrogen) atoms. The summed E-state index contributed by atoms with van der Waals surface area (Å²) >= 11 is 0. The number of amides is 2. The summed E-state index contributed by atoms with van der Waals surface area (Å²) < 4.78 is 19.1. The number of nitrogens with two attached hydrogens (primary N) is 1. The van der Waals surface area contributed by atoms with Crippen molar-refractivity contribution in [3.8, 4) is 0 Å². The second kappa shape index (κ2) is 9.66. The smallest absolute Gasteiger partial charge is 0.290 e. The van der Waals surface area contributed by atoms with Crippen LogP contribution in [0.5, 0.6) is 0 Å². The second-order valence-corrected chi connectivity index (χ2v) is 9.69. The van der Waals surface area contributed by atoms with Gasteiger partial charge in [0.05, 0.1) is 12.1 Å². The predicted molar refractivity (Wildman–Crippen MR) is 130 cm³/mol. The number of halogens is 1. The number of carbonyl (C=O) groups excluding carboxylic acids is 2. The van der Waals surface area contributed by atoms with Crippen molar-refractivity contribution < 1.29 is 18.4 Å². The van der Waals surface area contributed by atoms with Crippen LogP contribution in [0.4, 0.5) is 4.39 Å². The second-order valence-electron chi connectivity index (χ2n) is 9.69. The molecule has 1 aliphatic heterocycles. The van der Waals surface area contributed by atoms with Crippen LogP contribution in [0.25, 0.3) is 0 Å². The third kappa shape index (κ3) is 4.86. The molecule has 7 heteroatoms. The summed E-state index contributed by atoms with van der Waals surface area (Å²) in [5, 5.41) is 3.20. The van der Waals surface area contributed by atoms with E-state index in [1.807, 2.05) is 12.1 Å². The highest BCUT2D eigenvalue weighted by Gasteiger charge is 2.41. The number of likely N-dealkylation sites (tertiary alicyclic amines) is 1. The number of nitrogens with zero attached hydrogens (tertiary/aromatic N) is 1. The van der Waals surface area contributed by atoms with Gasteiger partial charge in [-0.15, -0.1) is 0 Å². The number of aryl methyl sites for hydroxylation is 1. The van der Waals surface area contributed by atoms with Crippen molar-refractivity contribution in [2.45, 2.75) is 50.7 Å². The summed E-state index contributed by atoms with van der Waals surface area (Å²) in [6, 6.07) is 16.9. The Balaban J connectivity index is 1.36. The molecule has 6 nitrogen and oxygen atoms in total. The zero-order chi connectivity index (χ0) is 24.5. The van der Waals surface area contributed by atoms with Crippen LogP contribution in [0, 0.1) is 11.7 Å².